The first-order valence-corrected chi connectivity index (χ1v) is 18.1. The van der Waals surface area contributed by atoms with Crippen molar-refractivity contribution >= 4 is 40.5 Å². The summed E-state index contributed by atoms with van der Waals surface area (Å²) in [5.41, 5.74) is 7.17. The molecule has 1 aliphatic carbocycles. The SMILES string of the molecule is C[C@H]1CN(C2COC2)CCN1c1ccc(NC2=CC(c3ccnc(N4CCn5c6c(c(C#N)c5C4=C=O)CC(C)(C)C6)c3CO)=CN(C)C2=C=O)nc1. The van der Waals surface area contributed by atoms with Crippen molar-refractivity contribution in [1.82, 2.24) is 24.3 Å². The number of ether oxygens (including phenoxy) is 1. The predicted octanol–water partition coefficient (Wildman–Crippen LogP) is 3.37. The van der Waals surface area contributed by atoms with Crippen LogP contribution in [0.3, 0.4) is 0 Å². The molecule has 13 nitrogen and oxygen atoms in total. The average Bonchev–Trinajstić information content (AvgIpc) is 3.59. The lowest BCUT2D eigenvalue weighted by atomic mass is 9.89. The number of nitriles is 1. The number of nitrogens with zero attached hydrogens (tertiary/aromatic N) is 8. The van der Waals surface area contributed by atoms with Crippen molar-refractivity contribution in [2.75, 3.05) is 61.6 Å². The van der Waals surface area contributed by atoms with Crippen molar-refractivity contribution in [3.63, 3.8) is 0 Å². The molecule has 0 spiro atoms. The number of piperazine rings is 1. The van der Waals surface area contributed by atoms with Gasteiger partial charge >= 0.3 is 0 Å². The Balaban J connectivity index is 1.07. The zero-order valence-electron chi connectivity index (χ0n) is 30.5. The molecule has 0 amide bonds. The van der Waals surface area contributed by atoms with E-state index in [0.29, 0.717) is 76.2 Å². The number of anilines is 3. The van der Waals surface area contributed by atoms with Gasteiger partial charge in [-0.3, -0.25) is 4.90 Å². The molecule has 5 aliphatic rings. The highest BCUT2D eigenvalue weighted by molar-refractivity contribution is 5.98. The van der Waals surface area contributed by atoms with Crippen LogP contribution in [0.4, 0.5) is 17.3 Å². The van der Waals surface area contributed by atoms with Gasteiger partial charge in [-0.05, 0) is 60.6 Å². The van der Waals surface area contributed by atoms with E-state index in [1.54, 1.807) is 35.3 Å². The Morgan fingerprint density at radius 3 is 2.53 bits per heavy atom. The molecule has 0 radical (unpaired) electrons. The molecule has 2 N–H and O–H groups in total. The van der Waals surface area contributed by atoms with Gasteiger partial charge in [0.25, 0.3) is 0 Å². The number of hydrogen-bond donors (Lipinski definition) is 2. The third kappa shape index (κ3) is 5.95. The molecule has 0 bridgehead atoms. The smallest absolute Gasteiger partial charge is 0.153 e. The molecule has 0 saturated carbocycles. The molecule has 53 heavy (non-hydrogen) atoms. The lowest BCUT2D eigenvalue weighted by Crippen LogP contribution is -2.59. The first-order valence-electron chi connectivity index (χ1n) is 18.1. The number of hydrogen-bond acceptors (Lipinski definition) is 12. The maximum absolute atomic E-state index is 12.7. The second-order valence-electron chi connectivity index (χ2n) is 15.3. The molecule has 2 saturated heterocycles. The summed E-state index contributed by atoms with van der Waals surface area (Å²) in [6.45, 7) is 11.7. The second kappa shape index (κ2) is 13.5. The Morgan fingerprint density at radius 1 is 1.06 bits per heavy atom. The lowest BCUT2D eigenvalue weighted by Gasteiger charge is -2.46. The normalized spacial score (nSPS) is 21.2. The minimum Gasteiger partial charge on any atom is -0.392 e. The van der Waals surface area contributed by atoms with Crippen molar-refractivity contribution < 1.29 is 19.4 Å². The van der Waals surface area contributed by atoms with E-state index in [9.17, 15) is 20.0 Å². The van der Waals surface area contributed by atoms with E-state index in [4.69, 9.17) is 9.72 Å². The van der Waals surface area contributed by atoms with Crippen LogP contribution in [0.25, 0.3) is 11.3 Å². The molecule has 1 atom stereocenters. The van der Waals surface area contributed by atoms with Gasteiger partial charge in [-0.1, -0.05) is 13.8 Å². The highest BCUT2D eigenvalue weighted by atomic mass is 16.5. The van der Waals surface area contributed by atoms with E-state index in [-0.39, 0.29) is 17.7 Å². The minimum atomic E-state index is -0.365. The monoisotopic (exact) mass is 713 g/mol. The summed E-state index contributed by atoms with van der Waals surface area (Å²) in [4.78, 5) is 42.6. The van der Waals surface area contributed by atoms with Gasteiger partial charge in [-0.15, -0.1) is 0 Å². The molecule has 8 rings (SSSR count). The number of aliphatic hydroxyl groups excluding tert-OH is 1. The molecule has 0 aromatic carbocycles. The van der Waals surface area contributed by atoms with Crippen LogP contribution in [0.5, 0.6) is 0 Å². The zero-order chi connectivity index (χ0) is 37.0. The van der Waals surface area contributed by atoms with Gasteiger partial charge in [0.1, 0.15) is 23.4 Å². The summed E-state index contributed by atoms with van der Waals surface area (Å²) in [6, 6.07) is 8.99. The molecule has 3 aromatic heterocycles. The molecular formula is C40H43N9O4. The van der Waals surface area contributed by atoms with Gasteiger partial charge in [-0.25, -0.2) is 19.6 Å². The molecule has 2 fully saturated rings. The van der Waals surface area contributed by atoms with Crippen LogP contribution < -0.4 is 15.1 Å². The molecular weight excluding hydrogens is 670 g/mol. The number of pyridine rings is 2. The maximum Gasteiger partial charge on any atom is 0.153 e. The summed E-state index contributed by atoms with van der Waals surface area (Å²) in [7, 11) is 1.76. The Morgan fingerprint density at radius 2 is 1.87 bits per heavy atom. The van der Waals surface area contributed by atoms with Gasteiger partial charge in [0.2, 0.25) is 0 Å². The van der Waals surface area contributed by atoms with Gasteiger partial charge in [0, 0.05) is 75.0 Å². The third-order valence-electron chi connectivity index (χ3n) is 11.3. The zero-order valence-corrected chi connectivity index (χ0v) is 30.5. The van der Waals surface area contributed by atoms with E-state index in [1.807, 2.05) is 24.4 Å². The topological polar surface area (TPSA) is 143 Å². The van der Waals surface area contributed by atoms with Crippen LogP contribution in [0.1, 0.15) is 54.4 Å². The number of aromatic nitrogens is 3. The first-order chi connectivity index (χ1) is 25.6. The number of aliphatic hydroxyl groups is 1. The van der Waals surface area contributed by atoms with Crippen LogP contribution >= 0.6 is 0 Å². The van der Waals surface area contributed by atoms with E-state index in [1.165, 1.54) is 0 Å². The fourth-order valence-corrected chi connectivity index (χ4v) is 8.61. The molecule has 3 aromatic rings. The summed E-state index contributed by atoms with van der Waals surface area (Å²) >= 11 is 0. The van der Waals surface area contributed by atoms with Gasteiger partial charge < -0.3 is 34.4 Å². The van der Waals surface area contributed by atoms with Crippen molar-refractivity contribution in [2.45, 2.75) is 58.8 Å². The third-order valence-corrected chi connectivity index (χ3v) is 11.3. The second-order valence-corrected chi connectivity index (χ2v) is 15.3. The van der Waals surface area contributed by atoms with E-state index in [2.05, 4.69) is 63.4 Å². The molecule has 7 heterocycles. The summed E-state index contributed by atoms with van der Waals surface area (Å²) in [6.07, 6.45) is 8.72. The Bertz CT molecular complexity index is 2180. The lowest BCUT2D eigenvalue weighted by molar-refractivity contribution is -0.0691. The number of carbonyl (C=O) groups excluding carboxylic acids is 2. The highest BCUT2D eigenvalue weighted by Crippen LogP contribution is 2.45. The number of fused-ring (bicyclic) bond motifs is 3. The summed E-state index contributed by atoms with van der Waals surface area (Å²) in [5, 5.41) is 24.4. The summed E-state index contributed by atoms with van der Waals surface area (Å²) in [5.74, 6) is 5.17. The Kier molecular flexibility index (Phi) is 8.81. The number of allylic oxidation sites excluding steroid dienone is 2. The van der Waals surface area contributed by atoms with Gasteiger partial charge in [0.05, 0.1) is 54.7 Å². The van der Waals surface area contributed by atoms with Crippen LogP contribution in [0, 0.1) is 16.7 Å². The maximum atomic E-state index is 12.7. The molecule has 4 aliphatic heterocycles. The van der Waals surface area contributed by atoms with E-state index < -0.39 is 0 Å². The Hall–Kier alpha value is -5.47. The van der Waals surface area contributed by atoms with Crippen LogP contribution in [0.15, 0.2) is 54.3 Å². The number of rotatable bonds is 7. The van der Waals surface area contributed by atoms with Crippen molar-refractivity contribution in [3.05, 3.63) is 87.9 Å². The van der Waals surface area contributed by atoms with Crippen LogP contribution in [0.2, 0.25) is 0 Å². The largest absolute Gasteiger partial charge is 0.392 e. The van der Waals surface area contributed by atoms with Crippen molar-refractivity contribution in [2.24, 2.45) is 5.41 Å². The van der Waals surface area contributed by atoms with Crippen LogP contribution in [-0.2, 0) is 40.3 Å². The molecule has 272 valence electrons. The van der Waals surface area contributed by atoms with Gasteiger partial charge in [0.15, 0.2) is 17.6 Å². The minimum absolute atomic E-state index is 0.0427. The summed E-state index contributed by atoms with van der Waals surface area (Å²) < 4.78 is 7.50. The van der Waals surface area contributed by atoms with E-state index in [0.717, 1.165) is 62.6 Å². The van der Waals surface area contributed by atoms with Crippen molar-refractivity contribution in [1.29, 1.82) is 5.26 Å². The average molecular weight is 714 g/mol. The standard InChI is InChI=1S/C40H43N9O4/c1-25-18-46(28-23-53-24-28)9-10-47(25)27-5-6-37(43-17-27)44-33-13-26(19-45(4)35(33)21-51)29-7-8-42-39(32(29)20-50)49-12-11-48-34-15-40(2,3)14-30(34)31(16-41)38(48)36(49)22-52/h5-8,13,17,19,25,28,50H,9-12,14-15,18,20,23-24H2,1-4H3,(H,43,44)/t25-/m0/s1. The molecule has 0 unspecified atom stereocenters. The van der Waals surface area contributed by atoms with Crippen LogP contribution in [-0.4, -0.2) is 99.8 Å². The van der Waals surface area contributed by atoms with Crippen molar-refractivity contribution in [3.8, 4) is 6.07 Å². The predicted molar refractivity (Wildman–Crippen MR) is 201 cm³/mol. The fourth-order valence-electron chi connectivity index (χ4n) is 8.61. The van der Waals surface area contributed by atoms with Gasteiger partial charge in [-0.2, -0.15) is 5.26 Å². The molecule has 13 heteroatoms. The first kappa shape index (κ1) is 34.6. The quantitative estimate of drug-likeness (QED) is 0.347. The number of likely N-dealkylation sites (N-methyl/N-ethyl adjacent to an activating group) is 1. The Labute approximate surface area is 308 Å². The van der Waals surface area contributed by atoms with E-state index >= 15 is 0 Å². The highest BCUT2D eigenvalue weighted by Gasteiger charge is 2.40. The fraction of sp³-hybridized carbons (Fsp3) is 0.425. The number of nitrogens with one attached hydrogen (secondary N) is 1.